The van der Waals surface area contributed by atoms with Crippen molar-refractivity contribution in [3.8, 4) is 0 Å². The molecule has 1 N–H and O–H groups in total. The first-order valence-electron chi connectivity index (χ1n) is 8.26. The molecule has 1 atom stereocenters. The van der Waals surface area contributed by atoms with E-state index in [-0.39, 0.29) is 24.2 Å². The van der Waals surface area contributed by atoms with Gasteiger partial charge in [0.15, 0.2) is 0 Å². The average Bonchev–Trinajstić information content (AvgIpc) is 2.73. The molecule has 0 aliphatic carbocycles. The van der Waals surface area contributed by atoms with Crippen molar-refractivity contribution in [3.63, 3.8) is 0 Å². The monoisotopic (exact) mass is 348 g/mol. The predicted molar refractivity (Wildman–Crippen MR) is 92.1 cm³/mol. The summed E-state index contributed by atoms with van der Waals surface area (Å²) < 4.78 is 2.97. The van der Waals surface area contributed by atoms with Crippen LogP contribution in [0.3, 0.4) is 0 Å². The largest absolute Gasteiger partial charge is 0.348 e. The van der Waals surface area contributed by atoms with E-state index in [1.807, 2.05) is 19.1 Å². The Kier molecular flexibility index (Phi) is 5.04. The molecule has 1 aliphatic rings. The number of benzene rings is 1. The third kappa shape index (κ3) is 3.70. The number of nitrogens with zero attached hydrogens (tertiary/aromatic N) is 3. The van der Waals surface area contributed by atoms with E-state index >= 15 is 0 Å². The van der Waals surface area contributed by atoms with Gasteiger partial charge in [0.05, 0.1) is 6.04 Å². The number of halogens is 1. The number of amides is 1. The molecule has 1 aromatic heterocycles. The summed E-state index contributed by atoms with van der Waals surface area (Å²) in [6.45, 7) is 2.53. The second-order valence-corrected chi connectivity index (χ2v) is 6.60. The Morgan fingerprint density at radius 3 is 2.79 bits per heavy atom. The maximum Gasteiger partial charge on any atom is 0.346 e. The van der Waals surface area contributed by atoms with Crippen LogP contribution in [0.25, 0.3) is 0 Å². The van der Waals surface area contributed by atoms with Crippen molar-refractivity contribution in [2.45, 2.75) is 51.7 Å². The number of aryl methyl sites for hydroxylation is 1. The first-order chi connectivity index (χ1) is 11.5. The molecule has 1 unspecified atom stereocenters. The molecule has 2 aromatic rings. The highest BCUT2D eigenvalue weighted by Gasteiger charge is 2.18. The summed E-state index contributed by atoms with van der Waals surface area (Å²) in [6, 6.07) is 7.16. The number of fused-ring (bicyclic) bond motifs is 1. The van der Waals surface area contributed by atoms with E-state index in [1.54, 1.807) is 16.7 Å². The van der Waals surface area contributed by atoms with Gasteiger partial charge in [-0.15, -0.1) is 0 Å². The summed E-state index contributed by atoms with van der Waals surface area (Å²) in [5.74, 6) is 0.559. The molecule has 0 fully saturated rings. The van der Waals surface area contributed by atoms with Crippen LogP contribution in [0.4, 0.5) is 0 Å². The van der Waals surface area contributed by atoms with Gasteiger partial charge in [-0.25, -0.2) is 9.48 Å². The number of carbonyl (C=O) groups is 1. The van der Waals surface area contributed by atoms with Gasteiger partial charge in [0, 0.05) is 18.0 Å². The molecule has 0 spiro atoms. The van der Waals surface area contributed by atoms with E-state index in [1.165, 1.54) is 4.68 Å². The van der Waals surface area contributed by atoms with Crippen LogP contribution < -0.4 is 11.0 Å². The fraction of sp³-hybridized carbons (Fsp3) is 0.471. The van der Waals surface area contributed by atoms with Crippen molar-refractivity contribution in [2.75, 3.05) is 0 Å². The quantitative estimate of drug-likeness (QED) is 0.921. The summed E-state index contributed by atoms with van der Waals surface area (Å²) in [7, 11) is 0. The Bertz CT molecular complexity index is 779. The van der Waals surface area contributed by atoms with E-state index in [4.69, 9.17) is 11.6 Å². The van der Waals surface area contributed by atoms with Gasteiger partial charge in [0.25, 0.3) is 0 Å². The SMILES string of the molecule is CC(NC(=O)Cn1nc2n(c1=O)CCCCC2)c1ccc(Cl)cc1. The van der Waals surface area contributed by atoms with Gasteiger partial charge in [-0.3, -0.25) is 9.36 Å². The minimum atomic E-state index is -0.229. The van der Waals surface area contributed by atoms with Gasteiger partial charge in [-0.1, -0.05) is 30.2 Å². The van der Waals surface area contributed by atoms with Crippen LogP contribution in [0.1, 0.15) is 43.6 Å². The highest BCUT2D eigenvalue weighted by molar-refractivity contribution is 6.30. The summed E-state index contributed by atoms with van der Waals surface area (Å²) in [6.07, 6.45) is 3.93. The van der Waals surface area contributed by atoms with Crippen molar-refractivity contribution in [1.82, 2.24) is 19.7 Å². The zero-order valence-electron chi connectivity index (χ0n) is 13.7. The second kappa shape index (κ2) is 7.21. The zero-order valence-corrected chi connectivity index (χ0v) is 14.4. The highest BCUT2D eigenvalue weighted by Crippen LogP contribution is 2.16. The summed E-state index contributed by atoms with van der Waals surface area (Å²) in [5.41, 5.74) is 0.766. The lowest BCUT2D eigenvalue weighted by Gasteiger charge is -2.14. The first kappa shape index (κ1) is 16.8. The smallest absolute Gasteiger partial charge is 0.346 e. The Labute approximate surface area is 145 Å². The fourth-order valence-electron chi connectivity index (χ4n) is 2.99. The molecule has 3 rings (SSSR count). The van der Waals surface area contributed by atoms with Crippen LogP contribution in [-0.4, -0.2) is 20.3 Å². The van der Waals surface area contributed by atoms with E-state index in [0.29, 0.717) is 11.6 Å². The van der Waals surface area contributed by atoms with Crippen LogP contribution in [0, 0.1) is 0 Å². The first-order valence-corrected chi connectivity index (χ1v) is 8.64. The maximum absolute atomic E-state index is 12.4. The minimum Gasteiger partial charge on any atom is -0.348 e. The third-order valence-electron chi connectivity index (χ3n) is 4.32. The lowest BCUT2D eigenvalue weighted by atomic mass is 10.1. The molecule has 1 aromatic carbocycles. The van der Waals surface area contributed by atoms with E-state index in [9.17, 15) is 9.59 Å². The van der Waals surface area contributed by atoms with Crippen molar-refractivity contribution in [1.29, 1.82) is 0 Å². The molecule has 1 amide bonds. The number of aromatic nitrogens is 3. The molecule has 7 heteroatoms. The molecule has 0 saturated heterocycles. The van der Waals surface area contributed by atoms with Gasteiger partial charge in [0.2, 0.25) is 5.91 Å². The predicted octanol–water partition coefficient (Wildman–Crippen LogP) is 2.30. The lowest BCUT2D eigenvalue weighted by Crippen LogP contribution is -2.35. The minimum absolute atomic E-state index is 0.0588. The molecule has 24 heavy (non-hydrogen) atoms. The zero-order chi connectivity index (χ0) is 17.1. The van der Waals surface area contributed by atoms with Gasteiger partial charge < -0.3 is 5.32 Å². The molecule has 0 bridgehead atoms. The standard InChI is InChI=1S/C17H21ClN4O2/c1-12(13-6-8-14(18)9-7-13)19-16(23)11-22-17(24)21-10-4-2-3-5-15(21)20-22/h6-9,12H,2-5,10-11H2,1H3,(H,19,23). The Morgan fingerprint density at radius 1 is 1.29 bits per heavy atom. The van der Waals surface area contributed by atoms with Gasteiger partial charge in [-0.2, -0.15) is 5.10 Å². The third-order valence-corrected chi connectivity index (χ3v) is 4.57. The lowest BCUT2D eigenvalue weighted by molar-refractivity contribution is -0.122. The maximum atomic E-state index is 12.4. The normalized spacial score (nSPS) is 15.4. The van der Waals surface area contributed by atoms with E-state index in [2.05, 4.69) is 10.4 Å². The molecule has 2 heterocycles. The van der Waals surface area contributed by atoms with Gasteiger partial charge >= 0.3 is 5.69 Å². The second-order valence-electron chi connectivity index (χ2n) is 6.16. The number of carbonyl (C=O) groups excluding carboxylic acids is 1. The van der Waals surface area contributed by atoms with Crippen LogP contribution in [-0.2, 0) is 24.3 Å². The van der Waals surface area contributed by atoms with Crippen LogP contribution in [0.15, 0.2) is 29.1 Å². The van der Waals surface area contributed by atoms with Crippen molar-refractivity contribution in [2.24, 2.45) is 0 Å². The van der Waals surface area contributed by atoms with Crippen molar-refractivity contribution >= 4 is 17.5 Å². The Hall–Kier alpha value is -2.08. The Balaban J connectivity index is 1.67. The summed E-state index contributed by atoms with van der Waals surface area (Å²) >= 11 is 5.87. The molecule has 0 saturated carbocycles. The van der Waals surface area contributed by atoms with E-state index in [0.717, 1.165) is 37.1 Å². The number of rotatable bonds is 4. The topological polar surface area (TPSA) is 68.9 Å². The van der Waals surface area contributed by atoms with Gasteiger partial charge in [-0.05, 0) is 37.5 Å². The number of hydrogen-bond acceptors (Lipinski definition) is 3. The van der Waals surface area contributed by atoms with Crippen LogP contribution >= 0.6 is 11.6 Å². The average molecular weight is 349 g/mol. The molecule has 0 radical (unpaired) electrons. The number of hydrogen-bond donors (Lipinski definition) is 1. The fourth-order valence-corrected chi connectivity index (χ4v) is 3.11. The van der Waals surface area contributed by atoms with Crippen LogP contribution in [0.2, 0.25) is 5.02 Å². The van der Waals surface area contributed by atoms with Crippen molar-refractivity contribution in [3.05, 3.63) is 51.2 Å². The van der Waals surface area contributed by atoms with Crippen LogP contribution in [0.5, 0.6) is 0 Å². The molecular formula is C17H21ClN4O2. The van der Waals surface area contributed by atoms with E-state index < -0.39 is 0 Å². The molecular weight excluding hydrogens is 328 g/mol. The molecule has 128 valence electrons. The molecule has 1 aliphatic heterocycles. The number of nitrogens with one attached hydrogen (secondary N) is 1. The Morgan fingerprint density at radius 2 is 2.04 bits per heavy atom. The summed E-state index contributed by atoms with van der Waals surface area (Å²) in [5, 5.41) is 7.88. The van der Waals surface area contributed by atoms with Gasteiger partial charge in [0.1, 0.15) is 12.4 Å². The molecule has 6 nitrogen and oxygen atoms in total. The highest BCUT2D eigenvalue weighted by atomic mass is 35.5. The summed E-state index contributed by atoms with van der Waals surface area (Å²) in [4.78, 5) is 24.6. The van der Waals surface area contributed by atoms with Crippen molar-refractivity contribution < 1.29 is 4.79 Å².